The van der Waals surface area contributed by atoms with Crippen LogP contribution in [0.2, 0.25) is 0 Å². The Hall–Kier alpha value is -2.58. The van der Waals surface area contributed by atoms with Crippen LogP contribution >= 0.6 is 0 Å². The van der Waals surface area contributed by atoms with Crippen LogP contribution in [0, 0.1) is 24.2 Å². The molecule has 148 valence electrons. The van der Waals surface area contributed by atoms with Crippen LogP contribution in [0.25, 0.3) is 16.7 Å². The summed E-state index contributed by atoms with van der Waals surface area (Å²) in [6.45, 7) is 8.54. The van der Waals surface area contributed by atoms with E-state index in [1.54, 1.807) is 0 Å². The lowest BCUT2D eigenvalue weighted by Gasteiger charge is -2.15. The number of para-hydroxylation sites is 2. The van der Waals surface area contributed by atoms with Gasteiger partial charge in [-0.15, -0.1) is 0 Å². The first-order valence-corrected chi connectivity index (χ1v) is 10.2. The summed E-state index contributed by atoms with van der Waals surface area (Å²) in [5.41, 5.74) is 6.13. The standard InChI is InChI=1S/C23H31N5/c1-16(2)11-12-18-17(3)19(15-24)23-26-20-9-6-7-10-21(20)28(23)22(18)25-13-8-14-27(4)5/h6-7,9-10,16H,8,11-14H2,1-5H3,(H,25,26)/p+1. The van der Waals surface area contributed by atoms with E-state index in [9.17, 15) is 5.26 Å². The number of nitrogens with zero attached hydrogens (tertiary/aromatic N) is 3. The molecule has 0 bridgehead atoms. The highest BCUT2D eigenvalue weighted by Crippen LogP contribution is 2.27. The zero-order valence-corrected chi connectivity index (χ0v) is 17.8. The Morgan fingerprint density at radius 1 is 1.25 bits per heavy atom. The van der Waals surface area contributed by atoms with Crippen molar-refractivity contribution in [3.05, 3.63) is 41.0 Å². The number of fused-ring (bicyclic) bond motifs is 3. The summed E-state index contributed by atoms with van der Waals surface area (Å²) in [7, 11) is 4.21. The normalized spacial score (nSPS) is 11.6. The Balaban J connectivity index is 2.18. The molecular weight excluding hydrogens is 346 g/mol. The van der Waals surface area contributed by atoms with E-state index in [4.69, 9.17) is 0 Å². The van der Waals surface area contributed by atoms with Crippen molar-refractivity contribution in [2.45, 2.75) is 40.0 Å². The first-order chi connectivity index (χ1) is 13.4. The number of aromatic amines is 1. The Kier molecular flexibility index (Phi) is 6.21. The summed E-state index contributed by atoms with van der Waals surface area (Å²) in [5, 5.41) is 13.6. The number of aromatic nitrogens is 2. The third kappa shape index (κ3) is 3.98. The van der Waals surface area contributed by atoms with E-state index in [0.717, 1.165) is 66.0 Å². The Bertz CT molecular complexity index is 1010. The molecule has 1 aromatic carbocycles. The number of pyridine rings is 1. The predicted octanol–water partition coefficient (Wildman–Crippen LogP) is 4.04. The van der Waals surface area contributed by atoms with Gasteiger partial charge in [0.2, 0.25) is 11.5 Å². The summed E-state index contributed by atoms with van der Waals surface area (Å²) in [4.78, 5) is 5.68. The van der Waals surface area contributed by atoms with Crippen LogP contribution in [0.15, 0.2) is 24.3 Å². The highest BCUT2D eigenvalue weighted by atomic mass is 15.1. The molecule has 0 aliphatic rings. The quantitative estimate of drug-likeness (QED) is 0.459. The first-order valence-electron chi connectivity index (χ1n) is 10.2. The molecule has 2 heterocycles. The largest absolute Gasteiger partial charge is 0.309 e. The van der Waals surface area contributed by atoms with Crippen molar-refractivity contribution in [2.75, 3.05) is 32.5 Å². The smallest absolute Gasteiger partial charge is 0.250 e. The fraction of sp³-hybridized carbons (Fsp3) is 0.478. The highest BCUT2D eigenvalue weighted by Gasteiger charge is 2.25. The van der Waals surface area contributed by atoms with Crippen molar-refractivity contribution in [1.29, 1.82) is 5.26 Å². The van der Waals surface area contributed by atoms with Gasteiger partial charge in [-0.1, -0.05) is 26.0 Å². The molecule has 2 aromatic heterocycles. The van der Waals surface area contributed by atoms with Crippen molar-refractivity contribution in [1.82, 2.24) is 9.88 Å². The molecule has 28 heavy (non-hydrogen) atoms. The third-order valence-corrected chi connectivity index (χ3v) is 5.35. The van der Waals surface area contributed by atoms with Gasteiger partial charge < -0.3 is 10.2 Å². The van der Waals surface area contributed by atoms with Crippen molar-refractivity contribution in [2.24, 2.45) is 5.92 Å². The number of nitriles is 1. The van der Waals surface area contributed by atoms with E-state index in [2.05, 4.69) is 78.7 Å². The predicted molar refractivity (Wildman–Crippen MR) is 116 cm³/mol. The summed E-state index contributed by atoms with van der Waals surface area (Å²) in [6.07, 6.45) is 3.14. The molecule has 0 atom stereocenters. The molecule has 0 saturated carbocycles. The molecule has 0 aliphatic carbocycles. The van der Waals surface area contributed by atoms with E-state index >= 15 is 0 Å². The van der Waals surface area contributed by atoms with E-state index in [0.29, 0.717) is 5.92 Å². The second-order valence-corrected chi connectivity index (χ2v) is 8.28. The van der Waals surface area contributed by atoms with Crippen LogP contribution < -0.4 is 9.72 Å². The van der Waals surface area contributed by atoms with Gasteiger partial charge in [-0.05, 0) is 63.9 Å². The molecule has 0 saturated heterocycles. The van der Waals surface area contributed by atoms with Crippen molar-refractivity contribution in [3.63, 3.8) is 0 Å². The summed E-state index contributed by atoms with van der Waals surface area (Å²) < 4.78 is 2.21. The molecule has 3 aromatic rings. The first kappa shape index (κ1) is 20.2. The molecule has 0 fully saturated rings. The summed E-state index contributed by atoms with van der Waals surface area (Å²) in [5.74, 6) is 1.75. The van der Waals surface area contributed by atoms with Gasteiger partial charge in [0.1, 0.15) is 22.7 Å². The zero-order valence-electron chi connectivity index (χ0n) is 17.8. The minimum Gasteiger partial charge on any atom is -0.309 e. The van der Waals surface area contributed by atoms with Gasteiger partial charge in [0.15, 0.2) is 0 Å². The van der Waals surface area contributed by atoms with Gasteiger partial charge in [0, 0.05) is 12.1 Å². The minimum atomic E-state index is 0.621. The Morgan fingerprint density at radius 2 is 2.00 bits per heavy atom. The lowest BCUT2D eigenvalue weighted by molar-refractivity contribution is -0.465. The van der Waals surface area contributed by atoms with Gasteiger partial charge in [0.25, 0.3) is 0 Å². The zero-order chi connectivity index (χ0) is 20.3. The Labute approximate surface area is 168 Å². The lowest BCUT2D eigenvalue weighted by atomic mass is 9.97. The van der Waals surface area contributed by atoms with Crippen molar-refractivity contribution < 1.29 is 4.40 Å². The van der Waals surface area contributed by atoms with E-state index < -0.39 is 0 Å². The van der Waals surface area contributed by atoms with Crippen LogP contribution in [0.4, 0.5) is 5.82 Å². The highest BCUT2D eigenvalue weighted by molar-refractivity contribution is 5.78. The molecule has 3 rings (SSSR count). The molecule has 5 nitrogen and oxygen atoms in total. The minimum absolute atomic E-state index is 0.621. The summed E-state index contributed by atoms with van der Waals surface area (Å²) in [6, 6.07) is 10.7. The van der Waals surface area contributed by atoms with Crippen LogP contribution in [0.1, 0.15) is 43.4 Å². The summed E-state index contributed by atoms with van der Waals surface area (Å²) >= 11 is 0. The average molecular weight is 379 g/mol. The number of nitrogens with one attached hydrogen (secondary N) is 2. The maximum atomic E-state index is 9.90. The number of benzene rings is 1. The van der Waals surface area contributed by atoms with Gasteiger partial charge in [0.05, 0.1) is 6.54 Å². The number of imidazole rings is 1. The average Bonchev–Trinajstić information content (AvgIpc) is 3.03. The number of anilines is 1. The third-order valence-electron chi connectivity index (χ3n) is 5.35. The van der Waals surface area contributed by atoms with E-state index in [1.807, 2.05) is 6.07 Å². The maximum absolute atomic E-state index is 9.90. The van der Waals surface area contributed by atoms with Crippen molar-refractivity contribution >= 4 is 22.5 Å². The van der Waals surface area contributed by atoms with Gasteiger partial charge >= 0.3 is 0 Å². The monoisotopic (exact) mass is 378 g/mol. The molecule has 0 aliphatic heterocycles. The number of H-pyrrole nitrogens is 1. The topological polar surface area (TPSA) is 58.9 Å². The fourth-order valence-corrected chi connectivity index (χ4v) is 3.79. The van der Waals surface area contributed by atoms with Crippen LogP contribution in [-0.2, 0) is 6.42 Å². The van der Waals surface area contributed by atoms with Gasteiger partial charge in [-0.25, -0.2) is 0 Å². The van der Waals surface area contributed by atoms with E-state index in [-0.39, 0.29) is 0 Å². The number of rotatable bonds is 8. The molecule has 0 spiro atoms. The molecule has 5 heteroatoms. The van der Waals surface area contributed by atoms with Crippen LogP contribution in [-0.4, -0.2) is 37.1 Å². The molecule has 2 N–H and O–H groups in total. The second kappa shape index (κ2) is 8.62. The van der Waals surface area contributed by atoms with Gasteiger partial charge in [-0.2, -0.15) is 9.66 Å². The fourth-order valence-electron chi connectivity index (χ4n) is 3.79. The Morgan fingerprint density at radius 3 is 2.68 bits per heavy atom. The second-order valence-electron chi connectivity index (χ2n) is 8.28. The number of hydrogen-bond acceptors (Lipinski definition) is 3. The van der Waals surface area contributed by atoms with Crippen LogP contribution in [0.3, 0.4) is 0 Å². The molecule has 0 unspecified atom stereocenters. The maximum Gasteiger partial charge on any atom is 0.250 e. The molecule has 0 amide bonds. The van der Waals surface area contributed by atoms with Gasteiger partial charge in [-0.3, -0.25) is 4.98 Å². The SMILES string of the molecule is Cc1c(CCC(C)C)c(NCCCN(C)C)[n+]2c([nH]c3ccccc32)c1C#N. The van der Waals surface area contributed by atoms with Crippen LogP contribution in [0.5, 0.6) is 0 Å². The van der Waals surface area contributed by atoms with Crippen molar-refractivity contribution in [3.8, 4) is 6.07 Å². The van der Waals surface area contributed by atoms with E-state index in [1.165, 1.54) is 5.56 Å². The molecule has 0 radical (unpaired) electrons. The molecular formula is C23H32N5+. The number of hydrogen-bond donors (Lipinski definition) is 2. The lowest BCUT2D eigenvalue weighted by Crippen LogP contribution is -2.31.